The van der Waals surface area contributed by atoms with Gasteiger partial charge in [0.2, 0.25) is 0 Å². The fraction of sp³-hybridized carbons (Fsp3) is 0.562. The first kappa shape index (κ1) is 16.3. The molecule has 1 heterocycles. The molecule has 2 rings (SSSR count). The van der Waals surface area contributed by atoms with Crippen molar-refractivity contribution >= 4 is 17.7 Å². The topological polar surface area (TPSA) is 85.5 Å². The number of esters is 2. The molecule has 0 saturated heterocycles. The predicted octanol–water partition coefficient (Wildman–Crippen LogP) is 2.05. The zero-order chi connectivity index (χ0) is 16.6. The minimum Gasteiger partial charge on any atom is -0.468 e. The highest BCUT2D eigenvalue weighted by atomic mass is 16.5. The van der Waals surface area contributed by atoms with E-state index in [0.29, 0.717) is 23.2 Å². The highest BCUT2D eigenvalue weighted by Gasteiger charge is 2.41. The van der Waals surface area contributed by atoms with Crippen LogP contribution in [0.5, 0.6) is 0 Å². The third kappa shape index (κ3) is 2.65. The van der Waals surface area contributed by atoms with E-state index in [1.165, 1.54) is 7.11 Å². The second-order valence-electron chi connectivity index (χ2n) is 5.98. The minimum absolute atomic E-state index is 0.181. The molecule has 6 nitrogen and oxygen atoms in total. The molecule has 1 aliphatic carbocycles. The van der Waals surface area contributed by atoms with Crippen LogP contribution >= 0.6 is 0 Å². The Kier molecular flexibility index (Phi) is 4.39. The van der Waals surface area contributed by atoms with Gasteiger partial charge in [-0.25, -0.2) is 4.79 Å². The molecule has 0 spiro atoms. The largest absolute Gasteiger partial charge is 0.468 e. The molecule has 1 aliphatic rings. The van der Waals surface area contributed by atoms with E-state index < -0.39 is 17.9 Å². The SMILES string of the molecule is COC(=O)[C@H]1C(=O)c2c([nH]c(C(=O)OC(C)C)c2C)C[C@@H]1C. The van der Waals surface area contributed by atoms with Gasteiger partial charge in [-0.3, -0.25) is 9.59 Å². The van der Waals surface area contributed by atoms with Gasteiger partial charge in [-0.2, -0.15) is 0 Å². The molecule has 0 amide bonds. The fourth-order valence-corrected chi connectivity index (χ4v) is 2.94. The lowest BCUT2D eigenvalue weighted by atomic mass is 9.77. The second-order valence-corrected chi connectivity index (χ2v) is 5.98. The maximum absolute atomic E-state index is 12.6. The number of ketones is 1. The van der Waals surface area contributed by atoms with E-state index in [1.807, 2.05) is 6.92 Å². The number of carbonyl (C=O) groups excluding carboxylic acids is 3. The van der Waals surface area contributed by atoms with Gasteiger partial charge in [-0.05, 0) is 38.7 Å². The molecule has 1 aromatic rings. The number of nitrogens with one attached hydrogen (secondary N) is 1. The Balaban J connectivity index is 2.43. The number of carbonyl (C=O) groups is 3. The lowest BCUT2D eigenvalue weighted by Crippen LogP contribution is -2.36. The molecular weight excluding hydrogens is 286 g/mol. The van der Waals surface area contributed by atoms with Crippen molar-refractivity contribution in [1.82, 2.24) is 4.98 Å². The summed E-state index contributed by atoms with van der Waals surface area (Å²) in [5.74, 6) is -2.31. The molecule has 2 atom stereocenters. The van der Waals surface area contributed by atoms with E-state index >= 15 is 0 Å². The second kappa shape index (κ2) is 5.94. The van der Waals surface area contributed by atoms with Crippen molar-refractivity contribution in [3.05, 3.63) is 22.5 Å². The number of Topliss-reactive ketones (excluding diaryl/α,β-unsaturated/α-hetero) is 1. The van der Waals surface area contributed by atoms with E-state index in [2.05, 4.69) is 4.98 Å². The molecule has 22 heavy (non-hydrogen) atoms. The lowest BCUT2D eigenvalue weighted by Gasteiger charge is -2.25. The van der Waals surface area contributed by atoms with Crippen LogP contribution < -0.4 is 0 Å². The lowest BCUT2D eigenvalue weighted by molar-refractivity contribution is -0.145. The van der Waals surface area contributed by atoms with Crippen LogP contribution in [0.15, 0.2) is 0 Å². The summed E-state index contributed by atoms with van der Waals surface area (Å²) in [6.45, 7) is 7.03. The molecule has 120 valence electrons. The number of fused-ring (bicyclic) bond motifs is 1. The van der Waals surface area contributed by atoms with Crippen molar-refractivity contribution in [3.63, 3.8) is 0 Å². The smallest absolute Gasteiger partial charge is 0.355 e. The van der Waals surface area contributed by atoms with E-state index in [1.54, 1.807) is 20.8 Å². The van der Waals surface area contributed by atoms with Gasteiger partial charge in [0.25, 0.3) is 0 Å². The Bertz CT molecular complexity index is 629. The Labute approximate surface area is 129 Å². The summed E-state index contributed by atoms with van der Waals surface area (Å²) in [5, 5.41) is 0. The van der Waals surface area contributed by atoms with Gasteiger partial charge in [-0.1, -0.05) is 6.92 Å². The summed E-state index contributed by atoms with van der Waals surface area (Å²) in [6.07, 6.45) is 0.265. The van der Waals surface area contributed by atoms with Gasteiger partial charge in [-0.15, -0.1) is 0 Å². The highest BCUT2D eigenvalue weighted by molar-refractivity contribution is 6.12. The third-order valence-electron chi connectivity index (χ3n) is 3.95. The van der Waals surface area contributed by atoms with E-state index in [-0.39, 0.29) is 23.5 Å². The summed E-state index contributed by atoms with van der Waals surface area (Å²) < 4.78 is 9.91. The van der Waals surface area contributed by atoms with Crippen molar-refractivity contribution in [2.24, 2.45) is 11.8 Å². The van der Waals surface area contributed by atoms with Crippen molar-refractivity contribution in [2.45, 2.75) is 40.2 Å². The van der Waals surface area contributed by atoms with Crippen molar-refractivity contribution in [1.29, 1.82) is 0 Å². The summed E-state index contributed by atoms with van der Waals surface area (Å²) >= 11 is 0. The van der Waals surface area contributed by atoms with Crippen LogP contribution in [0.4, 0.5) is 0 Å². The zero-order valence-electron chi connectivity index (χ0n) is 13.5. The zero-order valence-corrected chi connectivity index (χ0v) is 13.5. The van der Waals surface area contributed by atoms with Gasteiger partial charge >= 0.3 is 11.9 Å². The predicted molar refractivity (Wildman–Crippen MR) is 78.8 cm³/mol. The summed E-state index contributed by atoms with van der Waals surface area (Å²) in [5.41, 5.74) is 1.92. The minimum atomic E-state index is -0.819. The Morgan fingerprint density at radius 1 is 1.32 bits per heavy atom. The van der Waals surface area contributed by atoms with Gasteiger partial charge in [0.05, 0.1) is 13.2 Å². The standard InChI is InChI=1S/C16H21NO5/c1-7(2)22-16(20)13-9(4)12-10(17-13)6-8(3)11(14(12)18)15(19)21-5/h7-8,11,17H,6H2,1-5H3/t8-,11+/m0/s1. The third-order valence-corrected chi connectivity index (χ3v) is 3.95. The Morgan fingerprint density at radius 2 is 1.95 bits per heavy atom. The van der Waals surface area contributed by atoms with Crippen molar-refractivity contribution < 1.29 is 23.9 Å². The quantitative estimate of drug-likeness (QED) is 0.682. The van der Waals surface area contributed by atoms with Gasteiger partial charge in [0, 0.05) is 11.3 Å². The van der Waals surface area contributed by atoms with Crippen LogP contribution in [-0.2, 0) is 20.7 Å². The normalized spacial score (nSPS) is 20.7. The highest BCUT2D eigenvalue weighted by Crippen LogP contribution is 2.34. The van der Waals surface area contributed by atoms with Crippen LogP contribution in [0.3, 0.4) is 0 Å². The number of methoxy groups -OCH3 is 1. The summed E-state index contributed by atoms with van der Waals surface area (Å²) in [4.78, 5) is 39.6. The van der Waals surface area contributed by atoms with Crippen LogP contribution in [0.1, 0.15) is 52.9 Å². The molecule has 1 aromatic heterocycles. The molecule has 0 aliphatic heterocycles. The van der Waals surface area contributed by atoms with Crippen LogP contribution in [0.25, 0.3) is 0 Å². The van der Waals surface area contributed by atoms with E-state index in [4.69, 9.17) is 9.47 Å². The molecular formula is C16H21NO5. The van der Waals surface area contributed by atoms with Gasteiger partial charge in [0.1, 0.15) is 11.6 Å². The molecule has 0 fully saturated rings. The number of hydrogen-bond donors (Lipinski definition) is 1. The molecule has 0 unspecified atom stereocenters. The first-order chi connectivity index (χ1) is 10.3. The summed E-state index contributed by atoms with van der Waals surface area (Å²) in [6, 6.07) is 0. The monoisotopic (exact) mass is 307 g/mol. The maximum Gasteiger partial charge on any atom is 0.355 e. The van der Waals surface area contributed by atoms with E-state index in [9.17, 15) is 14.4 Å². The molecule has 0 saturated carbocycles. The fourth-order valence-electron chi connectivity index (χ4n) is 2.94. The first-order valence-electron chi connectivity index (χ1n) is 7.32. The average Bonchev–Trinajstić information content (AvgIpc) is 2.74. The number of rotatable bonds is 3. The Hall–Kier alpha value is -2.11. The van der Waals surface area contributed by atoms with Crippen LogP contribution in [0.2, 0.25) is 0 Å². The first-order valence-corrected chi connectivity index (χ1v) is 7.32. The molecule has 6 heteroatoms. The number of H-pyrrole nitrogens is 1. The number of hydrogen-bond acceptors (Lipinski definition) is 5. The number of aromatic amines is 1. The number of aromatic nitrogens is 1. The van der Waals surface area contributed by atoms with Gasteiger partial charge < -0.3 is 14.5 Å². The molecule has 0 bridgehead atoms. The maximum atomic E-state index is 12.6. The Morgan fingerprint density at radius 3 is 2.50 bits per heavy atom. The van der Waals surface area contributed by atoms with Gasteiger partial charge in [0.15, 0.2) is 5.78 Å². The molecule has 0 radical (unpaired) electrons. The number of ether oxygens (including phenoxy) is 2. The molecule has 1 N–H and O–H groups in total. The van der Waals surface area contributed by atoms with Crippen LogP contribution in [-0.4, -0.2) is 35.9 Å². The summed E-state index contributed by atoms with van der Waals surface area (Å²) in [7, 11) is 1.27. The van der Waals surface area contributed by atoms with E-state index in [0.717, 1.165) is 0 Å². The van der Waals surface area contributed by atoms with Crippen molar-refractivity contribution in [2.75, 3.05) is 7.11 Å². The molecule has 0 aromatic carbocycles. The average molecular weight is 307 g/mol. The van der Waals surface area contributed by atoms with Crippen molar-refractivity contribution in [3.8, 4) is 0 Å². The van der Waals surface area contributed by atoms with Crippen LogP contribution in [0, 0.1) is 18.8 Å².